The van der Waals surface area contributed by atoms with Gasteiger partial charge in [0.25, 0.3) is 0 Å². The molecule has 21 heavy (non-hydrogen) atoms. The number of hydrogen-bond acceptors (Lipinski definition) is 3. The minimum atomic E-state index is -1.02. The molecule has 2 aromatic rings. The maximum Gasteiger partial charge on any atom is 0.306 e. The van der Waals surface area contributed by atoms with Gasteiger partial charge in [0, 0.05) is 10.9 Å². The number of rotatable bonds is 3. The molecule has 0 amide bonds. The third kappa shape index (κ3) is 2.04. The van der Waals surface area contributed by atoms with Crippen LogP contribution in [0, 0.1) is 0 Å². The summed E-state index contributed by atoms with van der Waals surface area (Å²) in [7, 11) is 0. The van der Waals surface area contributed by atoms with Crippen molar-refractivity contribution in [3.63, 3.8) is 0 Å². The molecule has 1 aromatic heterocycles. The van der Waals surface area contributed by atoms with Gasteiger partial charge in [-0.2, -0.15) is 0 Å². The molecule has 0 saturated carbocycles. The van der Waals surface area contributed by atoms with Gasteiger partial charge in [0.15, 0.2) is 5.78 Å². The van der Waals surface area contributed by atoms with Crippen molar-refractivity contribution < 1.29 is 19.4 Å². The molecule has 5 nitrogen and oxygen atoms in total. The number of aliphatic carboxylic acids is 1. The summed E-state index contributed by atoms with van der Waals surface area (Å²) in [5.41, 5.74) is 0.684. The van der Waals surface area contributed by atoms with Crippen molar-refractivity contribution in [1.82, 2.24) is 4.98 Å². The van der Waals surface area contributed by atoms with Gasteiger partial charge in [-0.05, 0) is 18.6 Å². The van der Waals surface area contributed by atoms with E-state index in [9.17, 15) is 14.7 Å². The number of aromatic amines is 1. The van der Waals surface area contributed by atoms with E-state index >= 15 is 0 Å². The smallest absolute Gasteiger partial charge is 0.306 e. The van der Waals surface area contributed by atoms with Crippen LogP contribution in [0.3, 0.4) is 0 Å². The first-order valence-corrected chi connectivity index (χ1v) is 7.06. The Labute approximate surface area is 125 Å². The first-order valence-electron chi connectivity index (χ1n) is 6.68. The highest BCUT2D eigenvalue weighted by Crippen LogP contribution is 2.42. The normalized spacial score (nSPS) is 21.5. The SMILES string of the molecule is CCC1(CC(=O)O)OCC(=O)c2c1[nH]c1cccc(Cl)c21. The van der Waals surface area contributed by atoms with E-state index in [1.807, 2.05) is 13.0 Å². The number of carbonyl (C=O) groups is 2. The number of nitrogens with one attached hydrogen (secondary N) is 1. The predicted octanol–water partition coefficient (Wildman–Crippen LogP) is 3.11. The number of Topliss-reactive ketones (excluding diaryl/α,β-unsaturated/α-hetero) is 1. The van der Waals surface area contributed by atoms with Gasteiger partial charge in [-0.1, -0.05) is 24.6 Å². The topological polar surface area (TPSA) is 79.4 Å². The van der Waals surface area contributed by atoms with E-state index in [2.05, 4.69) is 4.98 Å². The number of aromatic nitrogens is 1. The van der Waals surface area contributed by atoms with Crippen molar-refractivity contribution in [2.75, 3.05) is 6.61 Å². The van der Waals surface area contributed by atoms with E-state index in [0.29, 0.717) is 28.1 Å². The first-order chi connectivity index (χ1) is 9.98. The van der Waals surface area contributed by atoms with E-state index in [4.69, 9.17) is 16.3 Å². The van der Waals surface area contributed by atoms with Gasteiger partial charge in [0.05, 0.1) is 22.7 Å². The summed E-state index contributed by atoms with van der Waals surface area (Å²) in [6.07, 6.45) is 0.248. The highest BCUT2D eigenvalue weighted by molar-refractivity contribution is 6.37. The highest BCUT2D eigenvalue weighted by Gasteiger charge is 2.43. The lowest BCUT2D eigenvalue weighted by atomic mass is 9.86. The molecule has 1 atom stereocenters. The minimum Gasteiger partial charge on any atom is -0.481 e. The summed E-state index contributed by atoms with van der Waals surface area (Å²) in [5, 5.41) is 10.3. The molecule has 1 unspecified atom stereocenters. The van der Waals surface area contributed by atoms with Crippen LogP contribution in [0.1, 0.15) is 35.8 Å². The quantitative estimate of drug-likeness (QED) is 0.913. The second kappa shape index (κ2) is 4.86. The number of halogens is 1. The second-order valence-corrected chi connectivity index (χ2v) is 5.57. The molecule has 0 radical (unpaired) electrons. The van der Waals surface area contributed by atoms with E-state index in [1.165, 1.54) is 0 Å². The standard InChI is InChI=1S/C15H14ClNO4/c1-2-15(6-11(19)20)14-13(10(18)7-21-15)12-8(16)4-3-5-9(12)17-14/h3-5,17H,2,6-7H2,1H3,(H,19,20). The molecule has 0 bridgehead atoms. The third-order valence-corrected chi connectivity index (χ3v) is 4.31. The Morgan fingerprint density at radius 3 is 2.95 bits per heavy atom. The molecule has 2 N–H and O–H groups in total. The maximum absolute atomic E-state index is 12.3. The van der Waals surface area contributed by atoms with Crippen LogP contribution in [0.5, 0.6) is 0 Å². The Balaban J connectivity index is 2.32. The summed E-state index contributed by atoms with van der Waals surface area (Å²) in [6, 6.07) is 5.31. The first kappa shape index (κ1) is 14.1. The number of hydrogen-bond donors (Lipinski definition) is 2. The molecule has 1 aliphatic heterocycles. The van der Waals surface area contributed by atoms with Crippen molar-refractivity contribution in [2.24, 2.45) is 0 Å². The average molecular weight is 308 g/mol. The Morgan fingerprint density at radius 2 is 2.29 bits per heavy atom. The number of ether oxygens (including phenoxy) is 1. The fourth-order valence-corrected chi connectivity index (χ4v) is 3.23. The van der Waals surface area contributed by atoms with Crippen molar-refractivity contribution >= 4 is 34.3 Å². The third-order valence-electron chi connectivity index (χ3n) is 4.00. The molecule has 110 valence electrons. The Hall–Kier alpha value is -1.85. The number of carboxylic acids is 1. The van der Waals surface area contributed by atoms with Crippen LogP contribution < -0.4 is 0 Å². The monoisotopic (exact) mass is 307 g/mol. The zero-order valence-electron chi connectivity index (χ0n) is 11.4. The molecular formula is C15H14ClNO4. The van der Waals surface area contributed by atoms with Crippen LogP contribution in [-0.4, -0.2) is 28.4 Å². The predicted molar refractivity (Wildman–Crippen MR) is 77.8 cm³/mol. The second-order valence-electron chi connectivity index (χ2n) is 5.17. The minimum absolute atomic E-state index is 0.133. The zero-order chi connectivity index (χ0) is 15.2. The summed E-state index contributed by atoms with van der Waals surface area (Å²) in [5.74, 6) is -1.15. The lowest BCUT2D eigenvalue weighted by Crippen LogP contribution is -2.39. The largest absolute Gasteiger partial charge is 0.481 e. The van der Waals surface area contributed by atoms with Crippen LogP contribution >= 0.6 is 11.6 Å². The summed E-state index contributed by atoms with van der Waals surface area (Å²) < 4.78 is 5.63. The molecule has 0 aliphatic carbocycles. The number of ketones is 1. The number of benzene rings is 1. The van der Waals surface area contributed by atoms with Crippen molar-refractivity contribution in [1.29, 1.82) is 0 Å². The molecule has 2 heterocycles. The number of fused-ring (bicyclic) bond motifs is 3. The van der Waals surface area contributed by atoms with Gasteiger partial charge in [0.1, 0.15) is 12.2 Å². The van der Waals surface area contributed by atoms with E-state index in [0.717, 1.165) is 5.52 Å². The lowest BCUT2D eigenvalue weighted by molar-refractivity contribution is -0.147. The molecule has 0 spiro atoms. The summed E-state index contributed by atoms with van der Waals surface area (Å²) in [4.78, 5) is 26.6. The highest BCUT2D eigenvalue weighted by atomic mass is 35.5. The molecule has 0 fully saturated rings. The van der Waals surface area contributed by atoms with Gasteiger partial charge >= 0.3 is 5.97 Å². The molecule has 0 saturated heterocycles. The van der Waals surface area contributed by atoms with Gasteiger partial charge in [-0.15, -0.1) is 0 Å². The fraction of sp³-hybridized carbons (Fsp3) is 0.333. The molecule has 1 aliphatic rings. The van der Waals surface area contributed by atoms with Gasteiger partial charge in [0.2, 0.25) is 0 Å². The lowest BCUT2D eigenvalue weighted by Gasteiger charge is -2.34. The van der Waals surface area contributed by atoms with Gasteiger partial charge in [-0.25, -0.2) is 0 Å². The summed E-state index contributed by atoms with van der Waals surface area (Å²) >= 11 is 6.21. The van der Waals surface area contributed by atoms with E-state index < -0.39 is 11.6 Å². The van der Waals surface area contributed by atoms with Crippen LogP contribution in [0.2, 0.25) is 5.02 Å². The van der Waals surface area contributed by atoms with Crippen LogP contribution in [0.25, 0.3) is 10.9 Å². The van der Waals surface area contributed by atoms with Crippen molar-refractivity contribution in [3.8, 4) is 0 Å². The summed E-state index contributed by atoms with van der Waals surface area (Å²) in [6.45, 7) is 1.71. The van der Waals surface area contributed by atoms with Crippen molar-refractivity contribution in [3.05, 3.63) is 34.5 Å². The Kier molecular flexibility index (Phi) is 3.26. The van der Waals surface area contributed by atoms with Crippen LogP contribution in [0.15, 0.2) is 18.2 Å². The maximum atomic E-state index is 12.3. The molecule has 3 rings (SSSR count). The Morgan fingerprint density at radius 1 is 1.52 bits per heavy atom. The van der Waals surface area contributed by atoms with Crippen LogP contribution in [-0.2, 0) is 15.1 Å². The zero-order valence-corrected chi connectivity index (χ0v) is 12.2. The number of carbonyl (C=O) groups excluding carboxylic acids is 1. The fourth-order valence-electron chi connectivity index (χ4n) is 2.96. The molecular weight excluding hydrogens is 294 g/mol. The number of H-pyrrole nitrogens is 1. The number of carboxylic acid groups (broad SMARTS) is 1. The molecule has 1 aromatic carbocycles. The van der Waals surface area contributed by atoms with Gasteiger partial charge < -0.3 is 14.8 Å². The average Bonchev–Trinajstić information content (AvgIpc) is 2.84. The molecule has 6 heteroatoms. The van der Waals surface area contributed by atoms with Crippen LogP contribution in [0.4, 0.5) is 0 Å². The van der Waals surface area contributed by atoms with Gasteiger partial charge in [-0.3, -0.25) is 9.59 Å². The Bertz CT molecular complexity index is 751. The van der Waals surface area contributed by atoms with E-state index in [1.54, 1.807) is 12.1 Å². The van der Waals surface area contributed by atoms with E-state index in [-0.39, 0.29) is 18.8 Å². The van der Waals surface area contributed by atoms with Crippen molar-refractivity contribution in [2.45, 2.75) is 25.4 Å².